The maximum Gasteiger partial charge on any atom is 0.155 e. The summed E-state index contributed by atoms with van der Waals surface area (Å²) in [6.45, 7) is 0. The Bertz CT molecular complexity index is 2250. The predicted octanol–water partition coefficient (Wildman–Crippen LogP) is 9.08. The second-order valence-electron chi connectivity index (χ2n) is 11.5. The topological polar surface area (TPSA) is 34.1 Å². The highest BCUT2D eigenvalue weighted by molar-refractivity contribution is 7.80. The van der Waals surface area contributed by atoms with Crippen LogP contribution in [0.2, 0.25) is 0 Å². The molecular formula is C38H25O2P. The summed E-state index contributed by atoms with van der Waals surface area (Å²) in [6.07, 6.45) is 4.59. The van der Waals surface area contributed by atoms with Crippen molar-refractivity contribution in [1.82, 2.24) is 0 Å². The predicted molar refractivity (Wildman–Crippen MR) is 174 cm³/mol. The lowest BCUT2D eigenvalue weighted by Crippen LogP contribution is -2.28. The molecule has 194 valence electrons. The SMILES string of the molecule is O=C1C=CC(P(=O)(c2ccc3ccc4cccc5ccc2c3c45)c2ccc3ccc4cccc5ccc2c3c45)CC1. The maximum absolute atomic E-state index is 16.2. The fraction of sp³-hybridized carbons (Fsp3) is 0.0789. The van der Waals surface area contributed by atoms with Crippen LogP contribution in [0.5, 0.6) is 0 Å². The third kappa shape index (κ3) is 3.09. The van der Waals surface area contributed by atoms with E-state index in [-0.39, 0.29) is 11.4 Å². The fourth-order valence-corrected chi connectivity index (χ4v) is 11.0. The van der Waals surface area contributed by atoms with Gasteiger partial charge < -0.3 is 4.57 Å². The molecule has 1 atom stereocenters. The molecule has 1 aliphatic rings. The molecule has 0 bridgehead atoms. The van der Waals surface area contributed by atoms with E-state index in [2.05, 4.69) is 109 Å². The summed E-state index contributed by atoms with van der Waals surface area (Å²) in [5, 5.41) is 15.8. The van der Waals surface area contributed by atoms with E-state index < -0.39 is 7.14 Å². The summed E-state index contributed by atoms with van der Waals surface area (Å²) in [6, 6.07) is 38.7. The van der Waals surface area contributed by atoms with Gasteiger partial charge in [-0.2, -0.15) is 0 Å². The van der Waals surface area contributed by atoms with Gasteiger partial charge in [0.15, 0.2) is 12.9 Å². The summed E-state index contributed by atoms with van der Waals surface area (Å²) in [7, 11) is -3.28. The Balaban J connectivity index is 1.44. The normalized spacial score (nSPS) is 16.4. The minimum atomic E-state index is -3.28. The minimum Gasteiger partial charge on any atom is -0.313 e. The number of rotatable bonds is 3. The van der Waals surface area contributed by atoms with Crippen LogP contribution in [0.4, 0.5) is 0 Å². The number of hydrogen-bond acceptors (Lipinski definition) is 2. The molecule has 8 aromatic rings. The first-order valence-corrected chi connectivity index (χ1v) is 16.0. The van der Waals surface area contributed by atoms with Crippen molar-refractivity contribution in [3.8, 4) is 0 Å². The van der Waals surface area contributed by atoms with Crippen molar-refractivity contribution < 1.29 is 9.36 Å². The Morgan fingerprint density at radius 2 is 0.927 bits per heavy atom. The van der Waals surface area contributed by atoms with Crippen molar-refractivity contribution in [3.05, 3.63) is 121 Å². The van der Waals surface area contributed by atoms with Gasteiger partial charge >= 0.3 is 0 Å². The Morgan fingerprint density at radius 3 is 1.37 bits per heavy atom. The van der Waals surface area contributed by atoms with Gasteiger partial charge in [0.2, 0.25) is 0 Å². The lowest BCUT2D eigenvalue weighted by atomic mass is 9.94. The molecule has 0 saturated heterocycles. The van der Waals surface area contributed by atoms with Crippen LogP contribution in [0.15, 0.2) is 121 Å². The Labute approximate surface area is 236 Å². The van der Waals surface area contributed by atoms with Gasteiger partial charge in [0.1, 0.15) is 0 Å². The third-order valence-corrected chi connectivity index (χ3v) is 13.0. The minimum absolute atomic E-state index is 0.110. The van der Waals surface area contributed by atoms with Crippen molar-refractivity contribution in [1.29, 1.82) is 0 Å². The summed E-state index contributed by atoms with van der Waals surface area (Å²) in [4.78, 5) is 12.3. The molecule has 8 aromatic carbocycles. The molecule has 1 unspecified atom stereocenters. The van der Waals surface area contributed by atoms with Gasteiger partial charge in [-0.25, -0.2) is 0 Å². The lowest BCUT2D eigenvalue weighted by molar-refractivity contribution is -0.114. The van der Waals surface area contributed by atoms with E-state index in [9.17, 15) is 4.79 Å². The van der Waals surface area contributed by atoms with Crippen LogP contribution in [0.3, 0.4) is 0 Å². The molecule has 9 rings (SSSR count). The molecule has 0 amide bonds. The van der Waals surface area contributed by atoms with Gasteiger partial charge in [-0.05, 0) is 89.3 Å². The molecule has 0 aromatic heterocycles. The van der Waals surface area contributed by atoms with Crippen LogP contribution in [-0.2, 0) is 9.36 Å². The average Bonchev–Trinajstić information content (AvgIpc) is 3.02. The molecule has 41 heavy (non-hydrogen) atoms. The summed E-state index contributed by atoms with van der Waals surface area (Å²) in [5.74, 6) is 0.110. The van der Waals surface area contributed by atoms with Crippen molar-refractivity contribution in [2.45, 2.75) is 18.5 Å². The van der Waals surface area contributed by atoms with Crippen LogP contribution in [0.25, 0.3) is 64.6 Å². The molecule has 0 radical (unpaired) electrons. The molecule has 0 spiro atoms. The first-order chi connectivity index (χ1) is 20.1. The number of hydrogen-bond donors (Lipinski definition) is 0. The molecule has 0 heterocycles. The highest BCUT2D eigenvalue weighted by Crippen LogP contribution is 2.56. The third-order valence-electron chi connectivity index (χ3n) is 9.38. The molecule has 0 saturated carbocycles. The van der Waals surface area contributed by atoms with E-state index in [1.54, 1.807) is 6.08 Å². The zero-order chi connectivity index (χ0) is 27.3. The van der Waals surface area contributed by atoms with E-state index in [0.717, 1.165) is 32.2 Å². The van der Waals surface area contributed by atoms with Crippen LogP contribution < -0.4 is 10.6 Å². The maximum atomic E-state index is 16.2. The van der Waals surface area contributed by atoms with Crippen molar-refractivity contribution in [3.63, 3.8) is 0 Å². The van der Waals surface area contributed by atoms with Gasteiger partial charge in [0.05, 0.1) is 0 Å². The Kier molecular flexibility index (Phi) is 4.67. The monoisotopic (exact) mass is 544 g/mol. The summed E-state index contributed by atoms with van der Waals surface area (Å²) in [5.41, 5.74) is -0.253. The van der Waals surface area contributed by atoms with Crippen molar-refractivity contribution >= 4 is 88.2 Å². The number of benzene rings is 8. The second-order valence-corrected chi connectivity index (χ2v) is 14.4. The van der Waals surface area contributed by atoms with Gasteiger partial charge in [-0.15, -0.1) is 0 Å². The van der Waals surface area contributed by atoms with Gasteiger partial charge in [-0.1, -0.05) is 103 Å². The zero-order valence-electron chi connectivity index (χ0n) is 22.3. The van der Waals surface area contributed by atoms with Crippen LogP contribution in [0.1, 0.15) is 12.8 Å². The summed E-state index contributed by atoms with van der Waals surface area (Å²) < 4.78 is 16.2. The average molecular weight is 545 g/mol. The van der Waals surface area contributed by atoms with Crippen molar-refractivity contribution in [2.75, 3.05) is 0 Å². The Hall–Kier alpha value is -4.52. The van der Waals surface area contributed by atoms with Crippen molar-refractivity contribution in [2.24, 2.45) is 0 Å². The largest absolute Gasteiger partial charge is 0.313 e. The van der Waals surface area contributed by atoms with Crippen LogP contribution in [-0.4, -0.2) is 11.4 Å². The first kappa shape index (κ1) is 23.2. The van der Waals surface area contributed by atoms with Crippen LogP contribution in [0, 0.1) is 0 Å². The van der Waals surface area contributed by atoms with Gasteiger partial charge in [-0.3, -0.25) is 4.79 Å². The second kappa shape index (κ2) is 8.26. The smallest absolute Gasteiger partial charge is 0.155 e. The van der Waals surface area contributed by atoms with Gasteiger partial charge in [0.25, 0.3) is 0 Å². The summed E-state index contributed by atoms with van der Waals surface area (Å²) >= 11 is 0. The lowest BCUT2D eigenvalue weighted by Gasteiger charge is -2.31. The number of carbonyl (C=O) groups excluding carboxylic acids is 1. The number of allylic oxidation sites excluding steroid dienone is 2. The molecule has 0 N–H and O–H groups in total. The quantitative estimate of drug-likeness (QED) is 0.164. The van der Waals surface area contributed by atoms with E-state index >= 15 is 4.57 Å². The molecule has 0 aliphatic heterocycles. The van der Waals surface area contributed by atoms with Crippen LogP contribution >= 0.6 is 7.14 Å². The molecule has 3 heteroatoms. The van der Waals surface area contributed by atoms with E-state index in [4.69, 9.17) is 0 Å². The molecule has 2 nitrogen and oxygen atoms in total. The standard InChI is InChI=1S/C38H25O2P/c39-29-15-17-30(18-16-29)41(40,33-21-13-27-9-7-23-3-1-5-25-11-19-31(33)37(27)35(23)25)34-22-14-28-10-8-24-4-2-6-26-12-20-32(34)38(28)36(24)26/h1-15,17,19-22,30H,16,18H2. The first-order valence-electron chi connectivity index (χ1n) is 14.3. The highest BCUT2D eigenvalue weighted by Gasteiger charge is 2.39. The van der Waals surface area contributed by atoms with E-state index in [0.29, 0.717) is 12.8 Å². The van der Waals surface area contributed by atoms with Gasteiger partial charge in [0, 0.05) is 22.7 Å². The van der Waals surface area contributed by atoms with E-state index in [1.807, 2.05) is 6.08 Å². The Morgan fingerprint density at radius 1 is 0.512 bits per heavy atom. The highest BCUT2D eigenvalue weighted by atomic mass is 31.2. The zero-order valence-corrected chi connectivity index (χ0v) is 23.2. The molecule has 1 aliphatic carbocycles. The molecular weight excluding hydrogens is 519 g/mol. The van der Waals surface area contributed by atoms with E-state index in [1.165, 1.54) is 43.1 Å². The number of carbonyl (C=O) groups is 1. The number of ketones is 1. The fourth-order valence-electron chi connectivity index (χ4n) is 7.50. The molecule has 0 fully saturated rings.